The van der Waals surface area contributed by atoms with E-state index in [0.717, 1.165) is 17.8 Å². The van der Waals surface area contributed by atoms with E-state index >= 15 is 0 Å². The Labute approximate surface area is 125 Å². The highest BCUT2D eigenvalue weighted by Crippen LogP contribution is 2.25. The van der Waals surface area contributed by atoms with Gasteiger partial charge in [0.2, 0.25) is 0 Å². The molecule has 2 aromatic carbocycles. The Morgan fingerprint density at radius 2 is 1.85 bits per heavy atom. The number of aryl methyl sites for hydroxylation is 1. The number of benzene rings is 2. The summed E-state index contributed by atoms with van der Waals surface area (Å²) in [7, 11) is 0. The van der Waals surface area contributed by atoms with Gasteiger partial charge in [-0.25, -0.2) is 4.39 Å². The predicted octanol–water partition coefficient (Wildman–Crippen LogP) is 4.94. The Morgan fingerprint density at radius 3 is 2.45 bits per heavy atom. The van der Waals surface area contributed by atoms with E-state index in [4.69, 9.17) is 11.6 Å². The van der Waals surface area contributed by atoms with Gasteiger partial charge in [-0.2, -0.15) is 0 Å². The average Bonchev–Trinajstić information content (AvgIpc) is 2.48. The maximum atomic E-state index is 13.3. The topological polar surface area (TPSA) is 3.24 Å². The summed E-state index contributed by atoms with van der Waals surface area (Å²) in [6.45, 7) is 5.45. The zero-order chi connectivity index (χ0) is 14.5. The van der Waals surface area contributed by atoms with E-state index in [0.29, 0.717) is 12.1 Å². The Balaban J connectivity index is 2.13. The number of para-hydroxylation sites is 1. The van der Waals surface area contributed by atoms with Crippen LogP contribution in [-0.2, 0) is 0 Å². The van der Waals surface area contributed by atoms with Crippen molar-refractivity contribution in [2.45, 2.75) is 19.2 Å². The van der Waals surface area contributed by atoms with Crippen LogP contribution in [0.25, 0.3) is 0 Å². The molecule has 2 aromatic rings. The maximum absolute atomic E-state index is 13.3. The van der Waals surface area contributed by atoms with Gasteiger partial charge >= 0.3 is 0 Å². The van der Waals surface area contributed by atoms with Gasteiger partial charge in [0.1, 0.15) is 5.82 Å². The molecule has 106 valence electrons. The molecule has 0 aliphatic rings. The van der Waals surface area contributed by atoms with Crippen LogP contribution < -0.4 is 4.90 Å². The summed E-state index contributed by atoms with van der Waals surface area (Å²) >= 11 is 6.49. The second-order valence-corrected chi connectivity index (χ2v) is 5.38. The van der Waals surface area contributed by atoms with Crippen molar-refractivity contribution in [1.82, 2.24) is 0 Å². The quantitative estimate of drug-likeness (QED) is 0.705. The standard InChI is InChI=1S/C17H19ClFN/c1-3-20(15-7-5-4-6-8-15)12-16(18)14-9-10-17(19)13(2)11-14/h4-11,16H,3,12H2,1-2H3. The zero-order valence-corrected chi connectivity index (χ0v) is 12.6. The molecule has 0 aliphatic heterocycles. The first-order valence-corrected chi connectivity index (χ1v) is 7.25. The SMILES string of the molecule is CCN(CC(Cl)c1ccc(F)c(C)c1)c1ccccc1. The van der Waals surface area contributed by atoms with Crippen molar-refractivity contribution < 1.29 is 4.39 Å². The van der Waals surface area contributed by atoms with Gasteiger partial charge in [-0.3, -0.25) is 0 Å². The van der Waals surface area contributed by atoms with Gasteiger partial charge in [-0.05, 0) is 43.2 Å². The molecule has 0 saturated carbocycles. The predicted molar refractivity (Wildman–Crippen MR) is 84.1 cm³/mol. The lowest BCUT2D eigenvalue weighted by atomic mass is 10.1. The molecule has 0 N–H and O–H groups in total. The van der Waals surface area contributed by atoms with Crippen LogP contribution in [0.1, 0.15) is 23.4 Å². The van der Waals surface area contributed by atoms with Crippen LogP contribution in [0.3, 0.4) is 0 Å². The van der Waals surface area contributed by atoms with Crippen molar-refractivity contribution in [3.63, 3.8) is 0 Å². The Hall–Kier alpha value is -1.54. The minimum atomic E-state index is -0.187. The molecule has 0 aliphatic carbocycles. The van der Waals surface area contributed by atoms with E-state index in [1.165, 1.54) is 6.07 Å². The Bertz CT molecular complexity index is 556. The molecule has 20 heavy (non-hydrogen) atoms. The number of hydrogen-bond acceptors (Lipinski definition) is 1. The average molecular weight is 292 g/mol. The fraction of sp³-hybridized carbons (Fsp3) is 0.294. The number of halogens is 2. The molecule has 1 nitrogen and oxygen atoms in total. The molecule has 0 bridgehead atoms. The fourth-order valence-electron chi connectivity index (χ4n) is 2.22. The van der Waals surface area contributed by atoms with Gasteiger partial charge in [0, 0.05) is 18.8 Å². The number of anilines is 1. The van der Waals surface area contributed by atoms with Gasteiger partial charge in [0.15, 0.2) is 0 Å². The third-order valence-corrected chi connectivity index (χ3v) is 3.82. The van der Waals surface area contributed by atoms with Crippen LogP contribution in [0.4, 0.5) is 10.1 Å². The van der Waals surface area contributed by atoms with Crippen LogP contribution in [0, 0.1) is 12.7 Å². The van der Waals surface area contributed by atoms with Crippen LogP contribution in [0.2, 0.25) is 0 Å². The molecule has 0 radical (unpaired) electrons. The normalized spacial score (nSPS) is 12.2. The summed E-state index contributed by atoms with van der Waals surface area (Å²) in [4.78, 5) is 2.22. The summed E-state index contributed by atoms with van der Waals surface area (Å²) in [5, 5.41) is -0.158. The zero-order valence-electron chi connectivity index (χ0n) is 11.8. The first kappa shape index (κ1) is 14.9. The van der Waals surface area contributed by atoms with E-state index in [1.54, 1.807) is 13.0 Å². The molecule has 0 amide bonds. The minimum Gasteiger partial charge on any atom is -0.370 e. The highest BCUT2D eigenvalue weighted by molar-refractivity contribution is 6.21. The summed E-state index contributed by atoms with van der Waals surface area (Å²) in [6, 6.07) is 15.3. The van der Waals surface area contributed by atoms with E-state index in [2.05, 4.69) is 24.0 Å². The third kappa shape index (κ3) is 3.51. The van der Waals surface area contributed by atoms with Gasteiger partial charge in [0.25, 0.3) is 0 Å². The van der Waals surface area contributed by atoms with Crippen LogP contribution in [0.5, 0.6) is 0 Å². The molecule has 0 fully saturated rings. The summed E-state index contributed by atoms with van der Waals surface area (Å²) in [6.07, 6.45) is 0. The lowest BCUT2D eigenvalue weighted by Crippen LogP contribution is -2.26. The van der Waals surface area contributed by atoms with Crippen molar-refractivity contribution in [3.05, 3.63) is 65.5 Å². The molecule has 0 saturated heterocycles. The number of nitrogens with zero attached hydrogens (tertiary/aromatic N) is 1. The van der Waals surface area contributed by atoms with Crippen LogP contribution in [-0.4, -0.2) is 13.1 Å². The van der Waals surface area contributed by atoms with Crippen molar-refractivity contribution in [3.8, 4) is 0 Å². The van der Waals surface area contributed by atoms with E-state index in [9.17, 15) is 4.39 Å². The second kappa shape index (κ2) is 6.76. The Morgan fingerprint density at radius 1 is 1.15 bits per heavy atom. The van der Waals surface area contributed by atoms with Gasteiger partial charge < -0.3 is 4.90 Å². The monoisotopic (exact) mass is 291 g/mol. The largest absolute Gasteiger partial charge is 0.370 e. The molecule has 0 heterocycles. The van der Waals surface area contributed by atoms with E-state index in [-0.39, 0.29) is 11.2 Å². The maximum Gasteiger partial charge on any atom is 0.126 e. The van der Waals surface area contributed by atoms with Gasteiger partial charge in [0.05, 0.1) is 5.38 Å². The third-order valence-electron chi connectivity index (χ3n) is 3.43. The first-order valence-electron chi connectivity index (χ1n) is 6.82. The van der Waals surface area contributed by atoms with E-state index < -0.39 is 0 Å². The summed E-state index contributed by atoms with van der Waals surface area (Å²) in [5.74, 6) is -0.187. The van der Waals surface area contributed by atoms with Crippen molar-refractivity contribution in [1.29, 1.82) is 0 Å². The van der Waals surface area contributed by atoms with Crippen molar-refractivity contribution in [2.24, 2.45) is 0 Å². The number of alkyl halides is 1. The molecule has 1 atom stereocenters. The molecular weight excluding hydrogens is 273 g/mol. The molecule has 0 aromatic heterocycles. The summed E-state index contributed by atoms with van der Waals surface area (Å²) in [5.41, 5.74) is 2.75. The molecule has 3 heteroatoms. The second-order valence-electron chi connectivity index (χ2n) is 4.85. The number of likely N-dealkylation sites (N-methyl/N-ethyl adjacent to an activating group) is 1. The van der Waals surface area contributed by atoms with Crippen LogP contribution >= 0.6 is 11.6 Å². The highest BCUT2D eigenvalue weighted by Gasteiger charge is 2.14. The van der Waals surface area contributed by atoms with Crippen molar-refractivity contribution >= 4 is 17.3 Å². The highest BCUT2D eigenvalue weighted by atomic mass is 35.5. The molecule has 0 spiro atoms. The number of rotatable bonds is 5. The number of hydrogen-bond donors (Lipinski definition) is 0. The molecule has 1 unspecified atom stereocenters. The summed E-state index contributed by atoms with van der Waals surface area (Å²) < 4.78 is 13.3. The van der Waals surface area contributed by atoms with Crippen LogP contribution in [0.15, 0.2) is 48.5 Å². The molecular formula is C17H19ClFN. The minimum absolute atomic E-state index is 0.158. The fourth-order valence-corrected chi connectivity index (χ4v) is 2.52. The van der Waals surface area contributed by atoms with E-state index in [1.807, 2.05) is 24.3 Å². The van der Waals surface area contributed by atoms with Gasteiger partial charge in [-0.1, -0.05) is 30.3 Å². The smallest absolute Gasteiger partial charge is 0.126 e. The Kier molecular flexibility index (Phi) is 5.02. The van der Waals surface area contributed by atoms with Crippen molar-refractivity contribution in [2.75, 3.05) is 18.0 Å². The lowest BCUT2D eigenvalue weighted by Gasteiger charge is -2.26. The van der Waals surface area contributed by atoms with Gasteiger partial charge in [-0.15, -0.1) is 11.6 Å². The lowest BCUT2D eigenvalue weighted by molar-refractivity contribution is 0.617. The first-order chi connectivity index (χ1) is 9.61. The molecule has 2 rings (SSSR count).